The molecule has 0 aromatic carbocycles. The van der Waals surface area contributed by atoms with Gasteiger partial charge >= 0.3 is 0 Å². The Hall–Kier alpha value is -0.120. The van der Waals surface area contributed by atoms with Crippen LogP contribution in [0.2, 0.25) is 0 Å². The average Bonchev–Trinajstić information content (AvgIpc) is 2.67. The predicted octanol–water partition coefficient (Wildman–Crippen LogP) is 2.04. The molecule has 3 heteroatoms. The van der Waals surface area contributed by atoms with Gasteiger partial charge in [-0.05, 0) is 39.4 Å². The standard InChI is InChI=1S/C15H33N3/c1-6-8-14(16-9-7-2)11-18-10-13(3)15(12-18)17(4)5/h13-16H,6-12H2,1-5H3. The first kappa shape index (κ1) is 15.9. The molecule has 0 radical (unpaired) electrons. The summed E-state index contributed by atoms with van der Waals surface area (Å²) in [4.78, 5) is 5.04. The van der Waals surface area contributed by atoms with E-state index in [1.54, 1.807) is 0 Å². The van der Waals surface area contributed by atoms with Crippen LogP contribution in [0, 0.1) is 5.92 Å². The van der Waals surface area contributed by atoms with Gasteiger partial charge in [-0.1, -0.05) is 27.2 Å². The van der Waals surface area contributed by atoms with Crippen LogP contribution in [-0.4, -0.2) is 62.2 Å². The summed E-state index contributed by atoms with van der Waals surface area (Å²) >= 11 is 0. The lowest BCUT2D eigenvalue weighted by atomic mass is 10.1. The van der Waals surface area contributed by atoms with Crippen LogP contribution in [0.15, 0.2) is 0 Å². The summed E-state index contributed by atoms with van der Waals surface area (Å²) in [6.07, 6.45) is 3.82. The Bertz CT molecular complexity index is 218. The van der Waals surface area contributed by atoms with E-state index in [0.717, 1.165) is 18.5 Å². The lowest BCUT2D eigenvalue weighted by Gasteiger charge is -2.25. The van der Waals surface area contributed by atoms with E-state index in [0.29, 0.717) is 6.04 Å². The van der Waals surface area contributed by atoms with Gasteiger partial charge in [0.05, 0.1) is 0 Å². The van der Waals surface area contributed by atoms with Crippen molar-refractivity contribution in [3.8, 4) is 0 Å². The molecule has 1 heterocycles. The minimum absolute atomic E-state index is 0.683. The maximum Gasteiger partial charge on any atom is 0.0254 e. The lowest BCUT2D eigenvalue weighted by molar-refractivity contribution is 0.240. The molecule has 1 saturated heterocycles. The SMILES string of the molecule is CCCNC(CCC)CN1CC(C)C(N(C)C)C1. The lowest BCUT2D eigenvalue weighted by Crippen LogP contribution is -2.41. The van der Waals surface area contributed by atoms with Gasteiger partial charge in [0.25, 0.3) is 0 Å². The van der Waals surface area contributed by atoms with Gasteiger partial charge in [0.15, 0.2) is 0 Å². The molecule has 1 aliphatic rings. The molecule has 0 aromatic rings. The van der Waals surface area contributed by atoms with Crippen molar-refractivity contribution >= 4 is 0 Å². The van der Waals surface area contributed by atoms with Crippen LogP contribution in [0.1, 0.15) is 40.0 Å². The third-order valence-corrected chi connectivity index (χ3v) is 4.11. The van der Waals surface area contributed by atoms with Crippen molar-refractivity contribution in [2.24, 2.45) is 5.92 Å². The van der Waals surface area contributed by atoms with Gasteiger partial charge < -0.3 is 10.2 Å². The van der Waals surface area contributed by atoms with Gasteiger partial charge in [-0.2, -0.15) is 0 Å². The molecular formula is C15H33N3. The molecule has 3 unspecified atom stereocenters. The molecule has 1 N–H and O–H groups in total. The highest BCUT2D eigenvalue weighted by atomic mass is 15.2. The molecule has 0 spiro atoms. The van der Waals surface area contributed by atoms with Crippen LogP contribution < -0.4 is 5.32 Å². The molecule has 18 heavy (non-hydrogen) atoms. The van der Waals surface area contributed by atoms with Crippen molar-refractivity contribution in [3.63, 3.8) is 0 Å². The molecular weight excluding hydrogens is 222 g/mol. The molecule has 0 saturated carbocycles. The van der Waals surface area contributed by atoms with E-state index in [1.165, 1.54) is 38.9 Å². The van der Waals surface area contributed by atoms with E-state index in [1.807, 2.05) is 0 Å². The Labute approximate surface area is 114 Å². The zero-order valence-corrected chi connectivity index (χ0v) is 13.1. The second-order valence-corrected chi connectivity index (χ2v) is 6.17. The molecule has 1 fully saturated rings. The van der Waals surface area contributed by atoms with E-state index in [9.17, 15) is 0 Å². The third kappa shape index (κ3) is 4.87. The molecule has 108 valence electrons. The Balaban J connectivity index is 2.40. The van der Waals surface area contributed by atoms with Crippen molar-refractivity contribution in [2.75, 3.05) is 40.3 Å². The van der Waals surface area contributed by atoms with Crippen molar-refractivity contribution < 1.29 is 0 Å². The minimum atomic E-state index is 0.683. The number of hydrogen-bond donors (Lipinski definition) is 1. The van der Waals surface area contributed by atoms with Crippen LogP contribution >= 0.6 is 0 Å². The quantitative estimate of drug-likeness (QED) is 0.716. The largest absolute Gasteiger partial charge is 0.313 e. The second-order valence-electron chi connectivity index (χ2n) is 6.17. The number of hydrogen-bond acceptors (Lipinski definition) is 3. The minimum Gasteiger partial charge on any atom is -0.313 e. The van der Waals surface area contributed by atoms with Gasteiger partial charge in [0.1, 0.15) is 0 Å². The first-order valence-corrected chi connectivity index (χ1v) is 7.70. The van der Waals surface area contributed by atoms with E-state index in [2.05, 4.69) is 50.0 Å². The van der Waals surface area contributed by atoms with Crippen molar-refractivity contribution in [3.05, 3.63) is 0 Å². The highest BCUT2D eigenvalue weighted by Crippen LogP contribution is 2.20. The summed E-state index contributed by atoms with van der Waals surface area (Å²) in [5, 5.41) is 3.70. The third-order valence-electron chi connectivity index (χ3n) is 4.11. The number of likely N-dealkylation sites (tertiary alicyclic amines) is 1. The van der Waals surface area contributed by atoms with Crippen molar-refractivity contribution in [1.29, 1.82) is 0 Å². The van der Waals surface area contributed by atoms with Crippen LogP contribution in [0.3, 0.4) is 0 Å². The number of rotatable bonds is 8. The smallest absolute Gasteiger partial charge is 0.0254 e. The maximum atomic E-state index is 3.70. The maximum absolute atomic E-state index is 3.70. The van der Waals surface area contributed by atoms with Crippen LogP contribution in [0.5, 0.6) is 0 Å². The highest BCUT2D eigenvalue weighted by molar-refractivity contribution is 4.88. The summed E-state index contributed by atoms with van der Waals surface area (Å²) in [7, 11) is 4.42. The van der Waals surface area contributed by atoms with E-state index < -0.39 is 0 Å². The van der Waals surface area contributed by atoms with E-state index in [-0.39, 0.29) is 0 Å². The van der Waals surface area contributed by atoms with Crippen LogP contribution in [-0.2, 0) is 0 Å². The van der Waals surface area contributed by atoms with Crippen LogP contribution in [0.25, 0.3) is 0 Å². The monoisotopic (exact) mass is 255 g/mol. The molecule has 1 rings (SSSR count). The summed E-state index contributed by atoms with van der Waals surface area (Å²) in [6, 6.07) is 1.42. The summed E-state index contributed by atoms with van der Waals surface area (Å²) in [5.74, 6) is 0.799. The predicted molar refractivity (Wildman–Crippen MR) is 80.1 cm³/mol. The Kier molecular flexibility index (Phi) is 7.20. The molecule has 1 aliphatic heterocycles. The first-order chi connectivity index (χ1) is 8.58. The molecule has 0 amide bonds. The fourth-order valence-corrected chi connectivity index (χ4v) is 3.14. The van der Waals surface area contributed by atoms with E-state index >= 15 is 0 Å². The molecule has 0 aliphatic carbocycles. The van der Waals surface area contributed by atoms with E-state index in [4.69, 9.17) is 0 Å². The van der Waals surface area contributed by atoms with Gasteiger partial charge in [-0.15, -0.1) is 0 Å². The normalized spacial score (nSPS) is 27.0. The summed E-state index contributed by atoms with van der Waals surface area (Å²) < 4.78 is 0. The van der Waals surface area contributed by atoms with Crippen molar-refractivity contribution in [1.82, 2.24) is 15.1 Å². The Morgan fingerprint density at radius 2 is 1.94 bits per heavy atom. The Morgan fingerprint density at radius 1 is 1.22 bits per heavy atom. The topological polar surface area (TPSA) is 18.5 Å². The zero-order valence-electron chi connectivity index (χ0n) is 13.1. The number of nitrogens with one attached hydrogen (secondary N) is 1. The summed E-state index contributed by atoms with van der Waals surface area (Å²) in [6.45, 7) is 11.8. The van der Waals surface area contributed by atoms with Gasteiger partial charge in [0, 0.05) is 31.7 Å². The zero-order chi connectivity index (χ0) is 13.5. The van der Waals surface area contributed by atoms with Gasteiger partial charge in [0.2, 0.25) is 0 Å². The van der Waals surface area contributed by atoms with Crippen LogP contribution in [0.4, 0.5) is 0 Å². The second kappa shape index (κ2) is 8.13. The molecule has 0 bridgehead atoms. The summed E-state index contributed by atoms with van der Waals surface area (Å²) in [5.41, 5.74) is 0. The number of nitrogens with zero attached hydrogens (tertiary/aromatic N) is 2. The molecule has 3 atom stereocenters. The number of likely N-dealkylation sites (N-methyl/N-ethyl adjacent to an activating group) is 1. The average molecular weight is 255 g/mol. The molecule has 3 nitrogen and oxygen atoms in total. The molecule has 0 aromatic heterocycles. The van der Waals surface area contributed by atoms with Crippen molar-refractivity contribution in [2.45, 2.75) is 52.1 Å². The van der Waals surface area contributed by atoms with Gasteiger partial charge in [-0.3, -0.25) is 4.90 Å². The fraction of sp³-hybridized carbons (Fsp3) is 1.00. The highest BCUT2D eigenvalue weighted by Gasteiger charge is 2.31. The van der Waals surface area contributed by atoms with Gasteiger partial charge in [-0.25, -0.2) is 0 Å². The Morgan fingerprint density at radius 3 is 2.44 bits per heavy atom. The fourth-order valence-electron chi connectivity index (χ4n) is 3.14. The first-order valence-electron chi connectivity index (χ1n) is 7.70.